The largest absolute Gasteiger partial charge is 0.469 e. The first-order valence-electron chi connectivity index (χ1n) is 11.8. The summed E-state index contributed by atoms with van der Waals surface area (Å²) in [5.41, 5.74) is 5.58. The number of esters is 1. The van der Waals surface area contributed by atoms with Crippen LogP contribution in [0.25, 0.3) is 0 Å². The number of nitrogens with one attached hydrogen (secondary N) is 1. The topological polar surface area (TPSA) is 84.6 Å². The van der Waals surface area contributed by atoms with Gasteiger partial charge in [-0.25, -0.2) is 0 Å². The van der Waals surface area contributed by atoms with Crippen LogP contribution >= 0.6 is 0 Å². The second kappa shape index (κ2) is 21.1. The maximum absolute atomic E-state index is 11.1. The van der Waals surface area contributed by atoms with Crippen LogP contribution in [-0.2, 0) is 9.53 Å². The van der Waals surface area contributed by atoms with E-state index in [2.05, 4.69) is 17.0 Å². The van der Waals surface area contributed by atoms with E-state index in [0.29, 0.717) is 6.42 Å². The molecule has 2 atom stereocenters. The molecule has 0 aromatic heterocycles. The predicted molar refractivity (Wildman–Crippen MR) is 118 cm³/mol. The highest BCUT2D eigenvalue weighted by Crippen LogP contribution is 2.15. The molecule has 0 aromatic carbocycles. The summed E-state index contributed by atoms with van der Waals surface area (Å²) in [6.07, 6.45) is 17.3. The molecule has 4 N–H and O–H groups in total. The molecule has 0 radical (unpaired) electrons. The molecule has 0 bridgehead atoms. The van der Waals surface area contributed by atoms with Gasteiger partial charge in [-0.1, -0.05) is 71.1 Å². The van der Waals surface area contributed by atoms with E-state index in [-0.39, 0.29) is 18.1 Å². The monoisotopic (exact) mass is 400 g/mol. The Kier molecular flexibility index (Phi) is 20.6. The lowest BCUT2D eigenvalue weighted by Crippen LogP contribution is -2.40. The fraction of sp³-hybridized carbons (Fsp3) is 0.957. The van der Waals surface area contributed by atoms with Crippen LogP contribution in [0.3, 0.4) is 0 Å². The van der Waals surface area contributed by atoms with Crippen molar-refractivity contribution in [2.24, 2.45) is 5.73 Å². The van der Waals surface area contributed by atoms with Crippen molar-refractivity contribution >= 4 is 5.97 Å². The lowest BCUT2D eigenvalue weighted by molar-refractivity contribution is -0.140. The highest BCUT2D eigenvalue weighted by Gasteiger charge is 2.17. The van der Waals surface area contributed by atoms with Crippen molar-refractivity contribution in [3.8, 4) is 0 Å². The van der Waals surface area contributed by atoms with E-state index in [1.807, 2.05) is 0 Å². The number of aliphatic hydroxyl groups excluding tert-OH is 1. The van der Waals surface area contributed by atoms with Crippen LogP contribution in [0.15, 0.2) is 0 Å². The molecule has 0 heterocycles. The molecule has 5 nitrogen and oxygen atoms in total. The normalized spacial score (nSPS) is 13.4. The average Bonchev–Trinajstić information content (AvgIpc) is 2.70. The summed E-state index contributed by atoms with van der Waals surface area (Å²) in [5.74, 6) is -0.112. The summed E-state index contributed by atoms with van der Waals surface area (Å²) in [7, 11) is 1.44. The molecule has 0 saturated carbocycles. The number of carbonyl (C=O) groups excluding carboxylic acids is 1. The molecule has 0 aliphatic rings. The third-order valence-corrected chi connectivity index (χ3v) is 5.48. The molecule has 2 unspecified atom stereocenters. The SMILES string of the molecule is CCCCCCCCC(O)C(CCCCCCCC(=O)OC)NCCCCN. The second-order valence-electron chi connectivity index (χ2n) is 8.06. The zero-order chi connectivity index (χ0) is 20.9. The minimum atomic E-state index is -0.247. The minimum absolute atomic E-state index is 0.112. The summed E-state index contributed by atoms with van der Waals surface area (Å²) >= 11 is 0. The summed E-state index contributed by atoms with van der Waals surface area (Å²) in [6, 6.07) is 0.198. The summed E-state index contributed by atoms with van der Waals surface area (Å²) in [4.78, 5) is 11.1. The Hall–Kier alpha value is -0.650. The Morgan fingerprint density at radius 2 is 1.50 bits per heavy atom. The third kappa shape index (κ3) is 17.4. The molecule has 28 heavy (non-hydrogen) atoms. The molecular weight excluding hydrogens is 352 g/mol. The van der Waals surface area contributed by atoms with E-state index in [9.17, 15) is 9.90 Å². The van der Waals surface area contributed by atoms with Gasteiger partial charge < -0.3 is 20.9 Å². The molecule has 0 fully saturated rings. The van der Waals surface area contributed by atoms with Crippen molar-refractivity contribution in [1.29, 1.82) is 0 Å². The minimum Gasteiger partial charge on any atom is -0.469 e. The number of hydrogen-bond acceptors (Lipinski definition) is 5. The van der Waals surface area contributed by atoms with Gasteiger partial charge in [0.05, 0.1) is 13.2 Å². The first-order valence-corrected chi connectivity index (χ1v) is 11.8. The number of nitrogens with two attached hydrogens (primary N) is 1. The molecule has 0 rings (SSSR count). The van der Waals surface area contributed by atoms with Gasteiger partial charge in [-0.2, -0.15) is 0 Å². The quantitative estimate of drug-likeness (QED) is 0.192. The Bertz CT molecular complexity index is 340. The standard InChI is InChI=1S/C23H48N2O3/c1-3-4-5-6-9-12-17-22(26)21(25-20-15-14-19-24)16-11-8-7-10-13-18-23(27)28-2/h21-22,25-26H,3-20,24H2,1-2H3. The van der Waals surface area contributed by atoms with Gasteiger partial charge >= 0.3 is 5.97 Å². The molecule has 168 valence electrons. The van der Waals surface area contributed by atoms with Crippen LogP contribution in [0.4, 0.5) is 0 Å². The second-order valence-corrected chi connectivity index (χ2v) is 8.06. The molecule has 0 amide bonds. The van der Waals surface area contributed by atoms with Crippen LogP contribution < -0.4 is 11.1 Å². The van der Waals surface area contributed by atoms with Crippen molar-refractivity contribution in [2.45, 2.75) is 122 Å². The first-order chi connectivity index (χ1) is 13.7. The van der Waals surface area contributed by atoms with Crippen molar-refractivity contribution in [2.75, 3.05) is 20.2 Å². The van der Waals surface area contributed by atoms with Gasteiger partial charge in [-0.05, 0) is 45.2 Å². The van der Waals surface area contributed by atoms with E-state index < -0.39 is 0 Å². The molecule has 0 spiro atoms. The Morgan fingerprint density at radius 3 is 2.14 bits per heavy atom. The maximum atomic E-state index is 11.1. The van der Waals surface area contributed by atoms with E-state index >= 15 is 0 Å². The summed E-state index contributed by atoms with van der Waals surface area (Å²) in [5, 5.41) is 14.2. The van der Waals surface area contributed by atoms with Crippen molar-refractivity contribution < 1.29 is 14.6 Å². The highest BCUT2D eigenvalue weighted by molar-refractivity contribution is 5.68. The van der Waals surface area contributed by atoms with Crippen molar-refractivity contribution in [3.63, 3.8) is 0 Å². The van der Waals surface area contributed by atoms with E-state index in [1.54, 1.807) is 0 Å². The number of unbranched alkanes of at least 4 members (excludes halogenated alkanes) is 10. The Balaban J connectivity index is 3.98. The van der Waals surface area contributed by atoms with Gasteiger partial charge in [0, 0.05) is 12.5 Å². The van der Waals surface area contributed by atoms with E-state index in [1.165, 1.54) is 39.2 Å². The number of methoxy groups -OCH3 is 1. The fourth-order valence-corrected chi connectivity index (χ4v) is 3.59. The van der Waals surface area contributed by atoms with Crippen molar-refractivity contribution in [3.05, 3.63) is 0 Å². The van der Waals surface area contributed by atoms with Crippen LogP contribution in [0.1, 0.15) is 110 Å². The summed E-state index contributed by atoms with van der Waals surface area (Å²) < 4.78 is 4.67. The highest BCUT2D eigenvalue weighted by atomic mass is 16.5. The number of ether oxygens (including phenoxy) is 1. The number of carbonyl (C=O) groups is 1. The molecule has 5 heteroatoms. The molecule has 0 saturated heterocycles. The van der Waals surface area contributed by atoms with Gasteiger partial charge in [0.2, 0.25) is 0 Å². The molecule has 0 aromatic rings. The third-order valence-electron chi connectivity index (χ3n) is 5.48. The first kappa shape index (κ1) is 27.4. The van der Waals surface area contributed by atoms with Gasteiger partial charge in [-0.3, -0.25) is 4.79 Å². The maximum Gasteiger partial charge on any atom is 0.305 e. The van der Waals surface area contributed by atoms with Gasteiger partial charge in [0.1, 0.15) is 0 Å². The van der Waals surface area contributed by atoms with Gasteiger partial charge in [0.15, 0.2) is 0 Å². The predicted octanol–water partition coefficient (Wildman–Crippen LogP) is 4.70. The average molecular weight is 401 g/mol. The number of rotatable bonds is 21. The smallest absolute Gasteiger partial charge is 0.305 e. The van der Waals surface area contributed by atoms with Gasteiger partial charge in [-0.15, -0.1) is 0 Å². The lowest BCUT2D eigenvalue weighted by Gasteiger charge is -2.24. The molecular formula is C23H48N2O3. The van der Waals surface area contributed by atoms with Crippen LogP contribution in [0, 0.1) is 0 Å². The van der Waals surface area contributed by atoms with Crippen LogP contribution in [0.5, 0.6) is 0 Å². The summed E-state index contributed by atoms with van der Waals surface area (Å²) in [6.45, 7) is 3.91. The molecule has 0 aliphatic carbocycles. The zero-order valence-electron chi connectivity index (χ0n) is 18.7. The fourth-order valence-electron chi connectivity index (χ4n) is 3.59. The Labute approximate surface area is 174 Å². The van der Waals surface area contributed by atoms with Crippen LogP contribution in [-0.4, -0.2) is 43.4 Å². The van der Waals surface area contributed by atoms with E-state index in [0.717, 1.165) is 77.3 Å². The zero-order valence-corrected chi connectivity index (χ0v) is 18.7. The molecule has 0 aliphatic heterocycles. The van der Waals surface area contributed by atoms with Crippen LogP contribution in [0.2, 0.25) is 0 Å². The lowest BCUT2D eigenvalue weighted by atomic mass is 9.97. The Morgan fingerprint density at radius 1 is 0.893 bits per heavy atom. The van der Waals surface area contributed by atoms with Crippen molar-refractivity contribution in [1.82, 2.24) is 5.32 Å². The number of hydrogen-bond donors (Lipinski definition) is 3. The van der Waals surface area contributed by atoms with Gasteiger partial charge in [0.25, 0.3) is 0 Å². The van der Waals surface area contributed by atoms with E-state index in [4.69, 9.17) is 5.73 Å². The number of aliphatic hydroxyl groups is 1.